The van der Waals surface area contributed by atoms with Gasteiger partial charge in [0.05, 0.1) is 18.2 Å². The smallest absolute Gasteiger partial charge is 0.245 e. The number of rotatable bonds is 6. The van der Waals surface area contributed by atoms with E-state index in [0.717, 1.165) is 16.7 Å². The Hall–Kier alpha value is -6.14. The molecule has 0 radical (unpaired) electrons. The van der Waals surface area contributed by atoms with Gasteiger partial charge in [0.15, 0.2) is 0 Å². The van der Waals surface area contributed by atoms with Gasteiger partial charge in [-0.2, -0.15) is 0 Å². The van der Waals surface area contributed by atoms with E-state index in [1.54, 1.807) is 17.8 Å². The highest BCUT2D eigenvalue weighted by atomic mass is 16.2. The number of allylic oxidation sites excluding steroid dienone is 1. The number of aryl methyl sites for hydroxylation is 1. The molecule has 7 atom stereocenters. The molecule has 3 heterocycles. The Morgan fingerprint density at radius 2 is 1.61 bits per heavy atom. The lowest BCUT2D eigenvalue weighted by molar-refractivity contribution is -0.142. The molecule has 2 fully saturated rings. The van der Waals surface area contributed by atoms with E-state index in [1.165, 1.54) is 18.7 Å². The Morgan fingerprint density at radius 1 is 0.895 bits per heavy atom. The SMILES string of the molecule is Cc1cn([C@H]2C[C@H]3C(=O)N[C@@H](CC4=CCc5ccccc54)C(=O)N[C@H](C(N)=O)CCCCNC(=O)C[C@H](C)C(=O)N[C@@H](CC(N)=O)C(=O)N[C@@H](C)C(=O)N3C2)nn1. The second-order valence-corrected chi connectivity index (χ2v) is 15.0. The Bertz CT molecular complexity index is 1930. The minimum absolute atomic E-state index is 0.0138. The molecular weight excluding hydrogens is 738 g/mol. The summed E-state index contributed by atoms with van der Waals surface area (Å²) in [5.74, 6) is -6.60. The highest BCUT2D eigenvalue weighted by Crippen LogP contribution is 2.32. The summed E-state index contributed by atoms with van der Waals surface area (Å²) in [6.07, 6.45) is 4.53. The summed E-state index contributed by atoms with van der Waals surface area (Å²) in [7, 11) is 0. The Morgan fingerprint density at radius 3 is 2.32 bits per heavy atom. The van der Waals surface area contributed by atoms with Crippen LogP contribution in [-0.4, -0.2) is 110 Å². The number of hydrogen-bond acceptors (Lipinski definition) is 10. The standard InChI is InChI=1S/C38H51N11O8/c1-20-14-32(51)41-13-7-6-10-27(33(40)52)43-36(55)28(15-24-12-11-23-8-4-5-9-26(23)24)45-37(56)30-16-25(49-18-21(2)46-47-49)19-48(30)38(57)22(3)42-35(54)29(17-31(39)50)44-34(20)53/h4-5,8-9,12,18,20,22,25,27-30H,6-7,10-11,13-17,19H2,1-3H3,(H2,39,50)(H2,40,52)(H,41,51)(H,42,54)(H,43,55)(H,44,53)(H,45,56)/t20-,22-,25-,27-,28-,29-,30-/m0/s1. The minimum Gasteiger partial charge on any atom is -0.370 e. The van der Waals surface area contributed by atoms with Crippen molar-refractivity contribution in [3.8, 4) is 0 Å². The van der Waals surface area contributed by atoms with Gasteiger partial charge in [0.2, 0.25) is 47.3 Å². The molecule has 19 heteroatoms. The molecule has 57 heavy (non-hydrogen) atoms. The number of benzene rings is 1. The van der Waals surface area contributed by atoms with Crippen LogP contribution < -0.4 is 38.1 Å². The lowest BCUT2D eigenvalue weighted by Crippen LogP contribution is -2.58. The van der Waals surface area contributed by atoms with Crippen molar-refractivity contribution in [3.63, 3.8) is 0 Å². The van der Waals surface area contributed by atoms with E-state index in [2.05, 4.69) is 36.9 Å². The molecule has 306 valence electrons. The van der Waals surface area contributed by atoms with E-state index in [4.69, 9.17) is 11.5 Å². The maximum Gasteiger partial charge on any atom is 0.245 e. The quantitative estimate of drug-likeness (QED) is 0.176. The van der Waals surface area contributed by atoms with Gasteiger partial charge in [0.1, 0.15) is 30.2 Å². The van der Waals surface area contributed by atoms with Crippen molar-refractivity contribution in [2.45, 2.75) is 108 Å². The van der Waals surface area contributed by atoms with Crippen molar-refractivity contribution in [2.24, 2.45) is 17.4 Å². The van der Waals surface area contributed by atoms with Gasteiger partial charge in [-0.05, 0) is 56.2 Å². The first kappa shape index (κ1) is 42.0. The molecule has 8 amide bonds. The van der Waals surface area contributed by atoms with E-state index < -0.39 is 95.8 Å². The largest absolute Gasteiger partial charge is 0.370 e. The van der Waals surface area contributed by atoms with Gasteiger partial charge >= 0.3 is 0 Å². The van der Waals surface area contributed by atoms with Crippen LogP contribution >= 0.6 is 0 Å². The van der Waals surface area contributed by atoms with Crippen LogP contribution in [0.5, 0.6) is 0 Å². The van der Waals surface area contributed by atoms with Gasteiger partial charge in [0, 0.05) is 44.5 Å². The Kier molecular flexibility index (Phi) is 13.8. The number of nitrogens with one attached hydrogen (secondary N) is 5. The van der Waals surface area contributed by atoms with Crippen LogP contribution in [0, 0.1) is 12.8 Å². The van der Waals surface area contributed by atoms with Gasteiger partial charge in [-0.15, -0.1) is 5.10 Å². The van der Waals surface area contributed by atoms with Crippen LogP contribution in [0.2, 0.25) is 0 Å². The average molecular weight is 790 g/mol. The van der Waals surface area contributed by atoms with Crippen LogP contribution in [0.15, 0.2) is 36.5 Å². The Labute approximate surface area is 329 Å². The maximum atomic E-state index is 14.4. The molecule has 0 saturated carbocycles. The summed E-state index contributed by atoms with van der Waals surface area (Å²) >= 11 is 0. The first-order valence-corrected chi connectivity index (χ1v) is 19.1. The summed E-state index contributed by atoms with van der Waals surface area (Å²) in [5.41, 5.74) is 14.5. The molecule has 0 bridgehead atoms. The van der Waals surface area contributed by atoms with E-state index in [9.17, 15) is 38.4 Å². The fraction of sp³-hybridized carbons (Fsp3) is 0.526. The fourth-order valence-electron chi connectivity index (χ4n) is 7.34. The lowest BCUT2D eigenvalue weighted by Gasteiger charge is -2.29. The third-order valence-electron chi connectivity index (χ3n) is 10.5. The number of carbonyl (C=O) groups is 8. The minimum atomic E-state index is -1.46. The van der Waals surface area contributed by atoms with Crippen LogP contribution in [0.25, 0.3) is 5.57 Å². The highest BCUT2D eigenvalue weighted by molar-refractivity contribution is 5.98. The van der Waals surface area contributed by atoms with Crippen molar-refractivity contribution < 1.29 is 38.4 Å². The molecule has 9 N–H and O–H groups in total. The fourth-order valence-corrected chi connectivity index (χ4v) is 7.34. The van der Waals surface area contributed by atoms with Crippen molar-refractivity contribution in [3.05, 3.63) is 53.4 Å². The van der Waals surface area contributed by atoms with Crippen molar-refractivity contribution in [1.82, 2.24) is 46.5 Å². The van der Waals surface area contributed by atoms with Crippen molar-refractivity contribution in [2.75, 3.05) is 13.1 Å². The molecule has 0 unspecified atom stereocenters. The summed E-state index contributed by atoms with van der Waals surface area (Å²) in [6.45, 7) is 4.79. The summed E-state index contributed by atoms with van der Waals surface area (Å²) in [5, 5.41) is 21.5. The first-order chi connectivity index (χ1) is 27.1. The van der Waals surface area contributed by atoms with Crippen LogP contribution in [0.3, 0.4) is 0 Å². The van der Waals surface area contributed by atoms with Gasteiger partial charge < -0.3 is 43.0 Å². The molecule has 3 aliphatic rings. The number of nitrogens with zero attached hydrogens (tertiary/aromatic N) is 4. The number of carbonyl (C=O) groups excluding carboxylic acids is 8. The summed E-state index contributed by atoms with van der Waals surface area (Å²) in [4.78, 5) is 108. The second kappa shape index (κ2) is 18.7. The zero-order chi connectivity index (χ0) is 41.4. The number of aromatic nitrogens is 3. The molecule has 19 nitrogen and oxygen atoms in total. The van der Waals surface area contributed by atoms with Gasteiger partial charge in [0.25, 0.3) is 0 Å². The summed E-state index contributed by atoms with van der Waals surface area (Å²) in [6, 6.07) is 1.01. The molecule has 2 saturated heterocycles. The molecule has 1 aliphatic carbocycles. The normalized spacial score (nSPS) is 27.2. The third kappa shape index (κ3) is 10.8. The van der Waals surface area contributed by atoms with Crippen LogP contribution in [0.4, 0.5) is 0 Å². The highest BCUT2D eigenvalue weighted by Gasteiger charge is 2.44. The predicted octanol–water partition coefficient (Wildman–Crippen LogP) is -1.60. The van der Waals surface area contributed by atoms with E-state index >= 15 is 0 Å². The molecular formula is C38H51N11O8. The number of primary amides is 2. The van der Waals surface area contributed by atoms with Crippen LogP contribution in [-0.2, 0) is 44.8 Å². The number of amides is 8. The van der Waals surface area contributed by atoms with E-state index in [-0.39, 0.29) is 38.8 Å². The Balaban J connectivity index is 1.47. The first-order valence-electron chi connectivity index (χ1n) is 19.1. The van der Waals surface area contributed by atoms with Crippen LogP contribution in [0.1, 0.15) is 81.7 Å². The molecule has 0 spiro atoms. The maximum absolute atomic E-state index is 14.4. The lowest BCUT2D eigenvalue weighted by atomic mass is 9.98. The van der Waals surface area contributed by atoms with E-state index in [1.807, 2.05) is 30.3 Å². The van der Waals surface area contributed by atoms with Crippen molar-refractivity contribution in [1.29, 1.82) is 0 Å². The molecule has 1 aromatic carbocycles. The topological polar surface area (TPSA) is 283 Å². The molecule has 2 aromatic rings. The van der Waals surface area contributed by atoms with Crippen molar-refractivity contribution >= 4 is 52.8 Å². The van der Waals surface area contributed by atoms with E-state index in [0.29, 0.717) is 25.0 Å². The zero-order valence-corrected chi connectivity index (χ0v) is 32.3. The monoisotopic (exact) mass is 789 g/mol. The second-order valence-electron chi connectivity index (χ2n) is 15.0. The third-order valence-corrected chi connectivity index (χ3v) is 10.5. The number of hydrogen-bond donors (Lipinski definition) is 7. The predicted molar refractivity (Wildman–Crippen MR) is 204 cm³/mol. The van der Waals surface area contributed by atoms with Gasteiger partial charge in [-0.1, -0.05) is 42.5 Å². The molecule has 1 aromatic heterocycles. The summed E-state index contributed by atoms with van der Waals surface area (Å²) < 4.78 is 1.54. The number of fused-ring (bicyclic) bond motifs is 2. The number of nitrogens with two attached hydrogens (primary N) is 2. The molecule has 2 aliphatic heterocycles. The molecule has 5 rings (SSSR count). The zero-order valence-electron chi connectivity index (χ0n) is 32.3. The van der Waals surface area contributed by atoms with Gasteiger partial charge in [-0.25, -0.2) is 4.68 Å². The average Bonchev–Trinajstić information content (AvgIpc) is 3.91. The van der Waals surface area contributed by atoms with Gasteiger partial charge in [-0.3, -0.25) is 38.4 Å².